The summed E-state index contributed by atoms with van der Waals surface area (Å²) < 4.78 is 5.36. The number of nitrogens with zero attached hydrogens (tertiary/aromatic N) is 1. The van der Waals surface area contributed by atoms with Gasteiger partial charge in [0.25, 0.3) is 0 Å². The Balaban J connectivity index is 2.20. The maximum atomic E-state index is 6.06. The Morgan fingerprint density at radius 2 is 2.20 bits per heavy atom. The number of aromatic nitrogens is 2. The minimum atomic E-state index is 0.442. The number of hydrogen-bond donors (Lipinski definition) is 2. The van der Waals surface area contributed by atoms with Crippen molar-refractivity contribution in [1.82, 2.24) is 10.2 Å². The lowest BCUT2D eigenvalue weighted by molar-refractivity contribution is 0.418. The summed E-state index contributed by atoms with van der Waals surface area (Å²) in [6.45, 7) is 0. The Morgan fingerprint density at radius 3 is 2.95 bits per heavy atom. The van der Waals surface area contributed by atoms with Crippen LogP contribution in [0, 0.1) is 0 Å². The molecule has 0 saturated heterocycles. The molecule has 20 heavy (non-hydrogen) atoms. The third-order valence-corrected chi connectivity index (χ3v) is 4.13. The lowest BCUT2D eigenvalue weighted by Gasteiger charge is -2.05. The van der Waals surface area contributed by atoms with Crippen molar-refractivity contribution in [2.24, 2.45) is 0 Å². The van der Waals surface area contributed by atoms with Crippen LogP contribution in [-0.2, 0) is 0 Å². The number of halogens is 1. The van der Waals surface area contributed by atoms with Crippen LogP contribution in [0.1, 0.15) is 0 Å². The molecule has 0 spiro atoms. The van der Waals surface area contributed by atoms with Gasteiger partial charge in [0.2, 0.25) is 0 Å². The van der Waals surface area contributed by atoms with Crippen LogP contribution in [0.2, 0.25) is 5.02 Å². The van der Waals surface area contributed by atoms with E-state index in [2.05, 4.69) is 10.2 Å². The molecule has 2 heterocycles. The SMILES string of the molecule is COc1ccsc1-c1[nH]nc(N)c1-c1cccc(Cl)c1. The second-order valence-electron chi connectivity index (χ2n) is 4.19. The summed E-state index contributed by atoms with van der Waals surface area (Å²) in [7, 11) is 1.64. The van der Waals surface area contributed by atoms with E-state index in [-0.39, 0.29) is 0 Å². The molecule has 0 radical (unpaired) electrons. The van der Waals surface area contributed by atoms with Crippen molar-refractivity contribution < 1.29 is 4.74 Å². The van der Waals surface area contributed by atoms with Crippen LogP contribution in [0.25, 0.3) is 21.7 Å². The number of nitrogens with two attached hydrogens (primary N) is 1. The molecule has 6 heteroatoms. The highest BCUT2D eigenvalue weighted by Crippen LogP contribution is 2.42. The summed E-state index contributed by atoms with van der Waals surface area (Å²) >= 11 is 7.63. The number of hydrogen-bond acceptors (Lipinski definition) is 4. The van der Waals surface area contributed by atoms with E-state index in [0.29, 0.717) is 10.8 Å². The van der Waals surface area contributed by atoms with E-state index in [1.54, 1.807) is 18.4 Å². The number of benzene rings is 1. The zero-order valence-electron chi connectivity index (χ0n) is 10.7. The molecule has 0 aliphatic heterocycles. The van der Waals surface area contributed by atoms with Gasteiger partial charge in [0.1, 0.15) is 5.75 Å². The van der Waals surface area contributed by atoms with E-state index in [4.69, 9.17) is 22.1 Å². The van der Waals surface area contributed by atoms with Gasteiger partial charge < -0.3 is 10.5 Å². The molecule has 1 aromatic carbocycles. The minimum Gasteiger partial charge on any atom is -0.495 e. The van der Waals surface area contributed by atoms with Gasteiger partial charge >= 0.3 is 0 Å². The maximum absolute atomic E-state index is 6.06. The van der Waals surface area contributed by atoms with Crippen LogP contribution < -0.4 is 10.5 Å². The van der Waals surface area contributed by atoms with Gasteiger partial charge in [0.15, 0.2) is 5.82 Å². The molecular weight excluding hydrogens is 294 g/mol. The van der Waals surface area contributed by atoms with Crippen molar-refractivity contribution in [3.05, 3.63) is 40.7 Å². The summed E-state index contributed by atoms with van der Waals surface area (Å²) in [5.41, 5.74) is 8.61. The van der Waals surface area contributed by atoms with Gasteiger partial charge in [-0.25, -0.2) is 0 Å². The largest absolute Gasteiger partial charge is 0.495 e. The fourth-order valence-corrected chi connectivity index (χ4v) is 3.15. The second kappa shape index (κ2) is 5.19. The average Bonchev–Trinajstić information content (AvgIpc) is 3.04. The van der Waals surface area contributed by atoms with Gasteiger partial charge in [-0.1, -0.05) is 23.7 Å². The summed E-state index contributed by atoms with van der Waals surface area (Å²) in [6.07, 6.45) is 0. The first-order valence-corrected chi connectivity index (χ1v) is 7.18. The Bertz CT molecular complexity index is 750. The predicted octanol–water partition coefficient (Wildman–Crippen LogP) is 4.05. The Hall–Kier alpha value is -1.98. The summed E-state index contributed by atoms with van der Waals surface area (Å²) in [6, 6.07) is 9.45. The van der Waals surface area contributed by atoms with E-state index in [1.807, 2.05) is 35.7 Å². The maximum Gasteiger partial charge on any atom is 0.153 e. The lowest BCUT2D eigenvalue weighted by Crippen LogP contribution is -1.89. The van der Waals surface area contributed by atoms with Crippen LogP contribution in [0.3, 0.4) is 0 Å². The van der Waals surface area contributed by atoms with Crippen molar-refractivity contribution in [2.75, 3.05) is 12.8 Å². The summed E-state index contributed by atoms with van der Waals surface area (Å²) in [5.74, 6) is 1.24. The topological polar surface area (TPSA) is 63.9 Å². The van der Waals surface area contributed by atoms with Crippen molar-refractivity contribution in [3.8, 4) is 27.4 Å². The quantitative estimate of drug-likeness (QED) is 0.767. The zero-order chi connectivity index (χ0) is 14.1. The Kier molecular flexibility index (Phi) is 3.38. The van der Waals surface area contributed by atoms with E-state index in [0.717, 1.165) is 27.4 Å². The molecule has 0 aliphatic rings. The first kappa shape index (κ1) is 13.0. The number of rotatable bonds is 3. The molecule has 3 rings (SSSR count). The molecule has 0 atom stereocenters. The van der Waals surface area contributed by atoms with E-state index < -0.39 is 0 Å². The van der Waals surface area contributed by atoms with Crippen LogP contribution in [0.4, 0.5) is 5.82 Å². The summed E-state index contributed by atoms with van der Waals surface area (Å²) in [5, 5.41) is 9.72. The van der Waals surface area contributed by atoms with Gasteiger partial charge in [0, 0.05) is 5.02 Å². The predicted molar refractivity (Wildman–Crippen MR) is 83.3 cm³/mol. The van der Waals surface area contributed by atoms with Crippen LogP contribution in [0.5, 0.6) is 5.75 Å². The van der Waals surface area contributed by atoms with Crippen molar-refractivity contribution in [1.29, 1.82) is 0 Å². The second-order valence-corrected chi connectivity index (χ2v) is 5.54. The van der Waals surface area contributed by atoms with Crippen LogP contribution >= 0.6 is 22.9 Å². The fourth-order valence-electron chi connectivity index (χ4n) is 2.10. The van der Waals surface area contributed by atoms with Gasteiger partial charge in [0.05, 0.1) is 23.2 Å². The molecule has 3 aromatic rings. The van der Waals surface area contributed by atoms with Crippen LogP contribution in [-0.4, -0.2) is 17.3 Å². The van der Waals surface area contributed by atoms with Crippen molar-refractivity contribution >= 4 is 28.8 Å². The number of thiophene rings is 1. The zero-order valence-corrected chi connectivity index (χ0v) is 12.3. The fraction of sp³-hybridized carbons (Fsp3) is 0.0714. The molecule has 3 N–H and O–H groups in total. The molecular formula is C14H12ClN3OS. The molecule has 0 aliphatic carbocycles. The molecule has 2 aromatic heterocycles. The first-order valence-electron chi connectivity index (χ1n) is 5.92. The van der Waals surface area contributed by atoms with E-state index in [9.17, 15) is 0 Å². The third kappa shape index (κ3) is 2.15. The Morgan fingerprint density at radius 1 is 1.35 bits per heavy atom. The highest BCUT2D eigenvalue weighted by atomic mass is 35.5. The number of nitrogens with one attached hydrogen (secondary N) is 1. The molecule has 0 saturated carbocycles. The van der Waals surface area contributed by atoms with Gasteiger partial charge in [-0.05, 0) is 29.1 Å². The number of nitrogen functional groups attached to an aromatic ring is 1. The first-order chi connectivity index (χ1) is 9.70. The Labute approximate surface area is 125 Å². The van der Waals surface area contributed by atoms with E-state index in [1.165, 1.54) is 0 Å². The smallest absolute Gasteiger partial charge is 0.153 e. The molecule has 0 fully saturated rings. The van der Waals surface area contributed by atoms with Crippen LogP contribution in [0.15, 0.2) is 35.7 Å². The van der Waals surface area contributed by atoms with Gasteiger partial charge in [-0.2, -0.15) is 5.10 Å². The van der Waals surface area contributed by atoms with Gasteiger partial charge in [-0.15, -0.1) is 11.3 Å². The standard InChI is InChI=1S/C14H12ClN3OS/c1-19-10-5-6-20-13(10)12-11(14(16)18-17-12)8-3-2-4-9(15)7-8/h2-7H,1H3,(H3,16,17,18). The molecule has 4 nitrogen and oxygen atoms in total. The number of aromatic amines is 1. The lowest BCUT2D eigenvalue weighted by atomic mass is 10.0. The summed E-state index contributed by atoms with van der Waals surface area (Å²) in [4.78, 5) is 0.965. The molecule has 0 amide bonds. The monoisotopic (exact) mass is 305 g/mol. The van der Waals surface area contributed by atoms with Gasteiger partial charge in [-0.3, -0.25) is 5.10 Å². The number of anilines is 1. The van der Waals surface area contributed by atoms with Crippen molar-refractivity contribution in [2.45, 2.75) is 0 Å². The molecule has 0 bridgehead atoms. The van der Waals surface area contributed by atoms with E-state index >= 15 is 0 Å². The average molecular weight is 306 g/mol. The highest BCUT2D eigenvalue weighted by molar-refractivity contribution is 7.14. The number of H-pyrrole nitrogens is 1. The highest BCUT2D eigenvalue weighted by Gasteiger charge is 2.19. The normalized spacial score (nSPS) is 10.7. The molecule has 102 valence electrons. The number of ether oxygens (including phenoxy) is 1. The molecule has 0 unspecified atom stereocenters. The number of methoxy groups -OCH3 is 1. The van der Waals surface area contributed by atoms with Crippen molar-refractivity contribution in [3.63, 3.8) is 0 Å². The minimum absolute atomic E-state index is 0.442. The third-order valence-electron chi connectivity index (χ3n) is 2.98.